The standard InChI is InChI=1S/C13H16FNO2/c14-12-8-15(7-6-11(12)9-16)13(17)10-4-2-1-3-5-10/h1-5,11-12,16H,6-9H2/t11-,12+/m1/s1. The van der Waals surface area contributed by atoms with Crippen LogP contribution >= 0.6 is 0 Å². The molecule has 3 nitrogen and oxygen atoms in total. The molecule has 1 N–H and O–H groups in total. The molecule has 92 valence electrons. The number of rotatable bonds is 2. The molecular weight excluding hydrogens is 221 g/mol. The lowest BCUT2D eigenvalue weighted by atomic mass is 9.95. The molecule has 1 aliphatic heterocycles. The van der Waals surface area contributed by atoms with Crippen molar-refractivity contribution in [1.29, 1.82) is 0 Å². The molecule has 0 aliphatic carbocycles. The molecule has 2 rings (SSSR count). The average Bonchev–Trinajstić information content (AvgIpc) is 2.39. The highest BCUT2D eigenvalue weighted by molar-refractivity contribution is 5.94. The van der Waals surface area contributed by atoms with Gasteiger partial charge in [0.05, 0.1) is 6.54 Å². The molecule has 1 fully saturated rings. The Morgan fingerprint density at radius 3 is 2.71 bits per heavy atom. The van der Waals surface area contributed by atoms with E-state index >= 15 is 0 Å². The van der Waals surface area contributed by atoms with Crippen molar-refractivity contribution in [3.8, 4) is 0 Å². The van der Waals surface area contributed by atoms with Gasteiger partial charge in [0.1, 0.15) is 6.17 Å². The fraction of sp³-hybridized carbons (Fsp3) is 0.462. The van der Waals surface area contributed by atoms with Gasteiger partial charge in [0.15, 0.2) is 0 Å². The van der Waals surface area contributed by atoms with Crippen LogP contribution in [0.4, 0.5) is 4.39 Å². The lowest BCUT2D eigenvalue weighted by molar-refractivity contribution is 0.0381. The van der Waals surface area contributed by atoms with Crippen LogP contribution in [0.3, 0.4) is 0 Å². The number of likely N-dealkylation sites (tertiary alicyclic amines) is 1. The Hall–Kier alpha value is -1.42. The second kappa shape index (κ2) is 5.27. The van der Waals surface area contributed by atoms with E-state index in [0.717, 1.165) is 0 Å². The lowest BCUT2D eigenvalue weighted by Crippen LogP contribution is -2.45. The summed E-state index contributed by atoms with van der Waals surface area (Å²) < 4.78 is 13.6. The molecule has 1 saturated heterocycles. The van der Waals surface area contributed by atoms with E-state index in [4.69, 9.17) is 5.11 Å². The van der Waals surface area contributed by atoms with Crippen molar-refractivity contribution in [3.63, 3.8) is 0 Å². The molecule has 1 amide bonds. The minimum atomic E-state index is -1.12. The van der Waals surface area contributed by atoms with E-state index < -0.39 is 6.17 Å². The maximum absolute atomic E-state index is 13.6. The number of hydrogen-bond donors (Lipinski definition) is 1. The summed E-state index contributed by atoms with van der Waals surface area (Å²) in [6, 6.07) is 8.88. The van der Waals surface area contributed by atoms with Crippen molar-refractivity contribution >= 4 is 5.91 Å². The van der Waals surface area contributed by atoms with Crippen LogP contribution in [0.15, 0.2) is 30.3 Å². The van der Waals surface area contributed by atoms with E-state index in [1.54, 1.807) is 24.3 Å². The quantitative estimate of drug-likeness (QED) is 0.846. The van der Waals surface area contributed by atoms with Crippen molar-refractivity contribution in [3.05, 3.63) is 35.9 Å². The zero-order valence-electron chi connectivity index (χ0n) is 9.55. The summed E-state index contributed by atoms with van der Waals surface area (Å²) in [6.45, 7) is 0.451. The van der Waals surface area contributed by atoms with E-state index in [-0.39, 0.29) is 25.0 Å². The Kier molecular flexibility index (Phi) is 3.74. The van der Waals surface area contributed by atoms with Crippen molar-refractivity contribution in [2.24, 2.45) is 5.92 Å². The van der Waals surface area contributed by atoms with Crippen molar-refractivity contribution in [2.75, 3.05) is 19.7 Å². The summed E-state index contributed by atoms with van der Waals surface area (Å²) in [5.74, 6) is -0.459. The van der Waals surface area contributed by atoms with Gasteiger partial charge in [-0.25, -0.2) is 4.39 Å². The predicted molar refractivity (Wildman–Crippen MR) is 62.4 cm³/mol. The van der Waals surface area contributed by atoms with Crippen LogP contribution in [-0.4, -0.2) is 41.8 Å². The van der Waals surface area contributed by atoms with E-state index in [9.17, 15) is 9.18 Å². The number of aliphatic hydroxyl groups excluding tert-OH is 1. The number of hydrogen-bond acceptors (Lipinski definition) is 2. The SMILES string of the molecule is O=C(c1ccccc1)N1CC[C@H](CO)[C@@H](F)C1. The number of benzene rings is 1. The Morgan fingerprint density at radius 2 is 2.12 bits per heavy atom. The molecule has 4 heteroatoms. The topological polar surface area (TPSA) is 40.5 Å². The Labute approximate surface area is 99.9 Å². The van der Waals surface area contributed by atoms with Crippen LogP contribution in [0.5, 0.6) is 0 Å². The Morgan fingerprint density at radius 1 is 1.41 bits per heavy atom. The molecule has 0 radical (unpaired) electrons. The lowest BCUT2D eigenvalue weighted by Gasteiger charge is -2.33. The number of piperidine rings is 1. The maximum Gasteiger partial charge on any atom is 0.253 e. The van der Waals surface area contributed by atoms with E-state index in [0.29, 0.717) is 18.5 Å². The van der Waals surface area contributed by atoms with Gasteiger partial charge in [0.25, 0.3) is 5.91 Å². The fourth-order valence-electron chi connectivity index (χ4n) is 2.11. The first-order chi connectivity index (χ1) is 8.22. The smallest absolute Gasteiger partial charge is 0.253 e. The minimum absolute atomic E-state index is 0.0823. The summed E-state index contributed by atoms with van der Waals surface area (Å²) in [7, 11) is 0. The van der Waals surface area contributed by atoms with E-state index in [1.165, 1.54) is 4.90 Å². The van der Waals surface area contributed by atoms with Crippen molar-refractivity contribution in [2.45, 2.75) is 12.6 Å². The molecule has 1 aromatic carbocycles. The third-order valence-electron chi connectivity index (χ3n) is 3.22. The van der Waals surface area contributed by atoms with Gasteiger partial charge in [-0.3, -0.25) is 4.79 Å². The van der Waals surface area contributed by atoms with Crippen molar-refractivity contribution < 1.29 is 14.3 Å². The Balaban J connectivity index is 2.03. The van der Waals surface area contributed by atoms with Gasteiger partial charge in [0.2, 0.25) is 0 Å². The van der Waals surface area contributed by atoms with Crippen LogP contribution in [0, 0.1) is 5.92 Å². The Bertz CT molecular complexity index is 382. The second-order valence-electron chi connectivity index (χ2n) is 4.36. The van der Waals surface area contributed by atoms with Gasteiger partial charge in [-0.1, -0.05) is 18.2 Å². The van der Waals surface area contributed by atoms with Crippen LogP contribution in [0.2, 0.25) is 0 Å². The number of carbonyl (C=O) groups excluding carboxylic acids is 1. The highest BCUT2D eigenvalue weighted by Gasteiger charge is 2.31. The fourth-order valence-corrected chi connectivity index (χ4v) is 2.11. The van der Waals surface area contributed by atoms with Gasteiger partial charge < -0.3 is 10.0 Å². The van der Waals surface area contributed by atoms with Gasteiger partial charge >= 0.3 is 0 Å². The maximum atomic E-state index is 13.6. The number of nitrogens with zero attached hydrogens (tertiary/aromatic N) is 1. The number of aliphatic hydroxyl groups is 1. The van der Waals surface area contributed by atoms with Crippen LogP contribution in [0.1, 0.15) is 16.8 Å². The third kappa shape index (κ3) is 2.64. The molecular formula is C13H16FNO2. The first kappa shape index (κ1) is 12.0. The van der Waals surface area contributed by atoms with Gasteiger partial charge in [-0.2, -0.15) is 0 Å². The van der Waals surface area contributed by atoms with Crippen LogP contribution < -0.4 is 0 Å². The highest BCUT2D eigenvalue weighted by atomic mass is 19.1. The molecule has 0 bridgehead atoms. The first-order valence-electron chi connectivity index (χ1n) is 5.81. The summed E-state index contributed by atoms with van der Waals surface area (Å²) >= 11 is 0. The molecule has 2 atom stereocenters. The molecule has 0 unspecified atom stereocenters. The number of alkyl halides is 1. The third-order valence-corrected chi connectivity index (χ3v) is 3.22. The van der Waals surface area contributed by atoms with Gasteiger partial charge in [-0.15, -0.1) is 0 Å². The number of halogens is 1. The zero-order chi connectivity index (χ0) is 12.3. The summed E-state index contributed by atoms with van der Waals surface area (Å²) in [4.78, 5) is 13.6. The average molecular weight is 237 g/mol. The van der Waals surface area contributed by atoms with E-state index in [1.807, 2.05) is 6.07 Å². The molecule has 0 saturated carbocycles. The molecule has 17 heavy (non-hydrogen) atoms. The molecule has 1 heterocycles. The number of carbonyl (C=O) groups is 1. The number of amides is 1. The summed E-state index contributed by atoms with van der Waals surface area (Å²) in [5, 5.41) is 8.96. The second-order valence-corrected chi connectivity index (χ2v) is 4.36. The highest BCUT2D eigenvalue weighted by Crippen LogP contribution is 2.21. The normalized spacial score (nSPS) is 24.7. The molecule has 0 aromatic heterocycles. The largest absolute Gasteiger partial charge is 0.396 e. The summed E-state index contributed by atoms with van der Waals surface area (Å²) in [5.41, 5.74) is 0.585. The van der Waals surface area contributed by atoms with Crippen LogP contribution in [0.25, 0.3) is 0 Å². The zero-order valence-corrected chi connectivity index (χ0v) is 9.55. The predicted octanol–water partition coefficient (Wildman–Crippen LogP) is 1.48. The van der Waals surface area contributed by atoms with E-state index in [2.05, 4.69) is 0 Å². The minimum Gasteiger partial charge on any atom is -0.396 e. The van der Waals surface area contributed by atoms with Crippen LogP contribution in [-0.2, 0) is 0 Å². The van der Waals surface area contributed by atoms with Gasteiger partial charge in [-0.05, 0) is 18.6 Å². The molecule has 1 aliphatic rings. The summed E-state index contributed by atoms with van der Waals surface area (Å²) in [6.07, 6.45) is -0.600. The molecule has 1 aromatic rings. The van der Waals surface area contributed by atoms with Gasteiger partial charge in [0, 0.05) is 24.6 Å². The molecule has 0 spiro atoms. The first-order valence-corrected chi connectivity index (χ1v) is 5.81. The van der Waals surface area contributed by atoms with Crippen molar-refractivity contribution in [1.82, 2.24) is 4.90 Å². The monoisotopic (exact) mass is 237 g/mol.